The zero-order valence-electron chi connectivity index (χ0n) is 17.1. The molecule has 8 nitrogen and oxygen atoms in total. The first-order valence-corrected chi connectivity index (χ1v) is 10.9. The lowest BCUT2D eigenvalue weighted by molar-refractivity contribution is -0.149. The van der Waals surface area contributed by atoms with Crippen molar-refractivity contribution in [3.05, 3.63) is 35.4 Å². The van der Waals surface area contributed by atoms with Crippen molar-refractivity contribution >= 4 is 35.5 Å². The first-order chi connectivity index (χ1) is 14.1. The molecule has 0 aromatic heterocycles. The van der Waals surface area contributed by atoms with E-state index in [0.717, 1.165) is 5.56 Å². The Labute approximate surface area is 179 Å². The summed E-state index contributed by atoms with van der Waals surface area (Å²) >= 11 is 1.56. The van der Waals surface area contributed by atoms with E-state index in [2.05, 4.69) is 5.32 Å². The predicted molar refractivity (Wildman–Crippen MR) is 111 cm³/mol. The van der Waals surface area contributed by atoms with Crippen molar-refractivity contribution in [2.75, 3.05) is 6.54 Å². The maximum atomic E-state index is 13.2. The zero-order chi connectivity index (χ0) is 21.8. The summed E-state index contributed by atoms with van der Waals surface area (Å²) in [6.07, 6.45) is 1.04. The van der Waals surface area contributed by atoms with Gasteiger partial charge in [-0.15, -0.1) is 11.8 Å². The van der Waals surface area contributed by atoms with Gasteiger partial charge in [0.25, 0.3) is 5.91 Å². The summed E-state index contributed by atoms with van der Waals surface area (Å²) in [7, 11) is 0. The molecule has 1 aromatic carbocycles. The van der Waals surface area contributed by atoms with Crippen LogP contribution >= 0.6 is 11.8 Å². The molecule has 4 atom stereocenters. The summed E-state index contributed by atoms with van der Waals surface area (Å²) in [6, 6.07) is 4.89. The Morgan fingerprint density at radius 3 is 2.67 bits per heavy atom. The van der Waals surface area contributed by atoms with Crippen LogP contribution < -0.4 is 5.32 Å². The number of benzene rings is 1. The number of carbonyl (C=O) groups excluding carboxylic acids is 3. The standard InChI is InChI=1S/C21H25N3O5S/c1-11(17(26)23-10-6-9-14(23)20(28)29)22-16(25)15-21(2,3)30-19-13-8-5-4-7-12(13)18(27)24(15)19/h4-5,7-8,11,14-15,19H,6,9-10H2,1-3H3,(H,22,25)(H,28,29)/t11-,14-,15+,19+/m0/s1. The third-order valence-corrected chi connectivity index (χ3v) is 7.63. The van der Waals surface area contributed by atoms with Crippen LogP contribution in [0.1, 0.15) is 54.9 Å². The average molecular weight is 432 g/mol. The Bertz CT molecular complexity index is 933. The highest BCUT2D eigenvalue weighted by atomic mass is 32.2. The number of thioether (sulfide) groups is 1. The number of amides is 3. The minimum absolute atomic E-state index is 0.182. The Kier molecular flexibility index (Phi) is 5.04. The van der Waals surface area contributed by atoms with Crippen LogP contribution in [-0.4, -0.2) is 68.0 Å². The van der Waals surface area contributed by atoms with Gasteiger partial charge in [0.2, 0.25) is 11.8 Å². The van der Waals surface area contributed by atoms with E-state index in [4.69, 9.17) is 0 Å². The summed E-state index contributed by atoms with van der Waals surface area (Å²) in [5, 5.41) is 11.8. The molecule has 2 fully saturated rings. The summed E-state index contributed by atoms with van der Waals surface area (Å²) in [6.45, 7) is 5.76. The topological polar surface area (TPSA) is 107 Å². The molecule has 3 aliphatic heterocycles. The Hall–Kier alpha value is -2.55. The number of hydrogen-bond donors (Lipinski definition) is 2. The Balaban J connectivity index is 1.52. The lowest BCUT2D eigenvalue weighted by atomic mass is 10.0. The van der Waals surface area contributed by atoms with Crippen LogP contribution in [0.5, 0.6) is 0 Å². The van der Waals surface area contributed by atoms with Gasteiger partial charge in [0.1, 0.15) is 23.5 Å². The fourth-order valence-corrected chi connectivity index (χ4v) is 6.28. The second-order valence-electron chi connectivity index (χ2n) is 8.53. The van der Waals surface area contributed by atoms with E-state index in [-0.39, 0.29) is 11.3 Å². The molecule has 2 N–H and O–H groups in total. The van der Waals surface area contributed by atoms with Crippen LogP contribution in [0.3, 0.4) is 0 Å². The number of aliphatic carboxylic acids is 1. The minimum Gasteiger partial charge on any atom is -0.480 e. The van der Waals surface area contributed by atoms with Gasteiger partial charge < -0.3 is 20.2 Å². The molecular formula is C21H25N3O5S. The summed E-state index contributed by atoms with van der Waals surface area (Å²) < 4.78 is -0.544. The molecule has 0 radical (unpaired) electrons. The van der Waals surface area contributed by atoms with Crippen LogP contribution in [0.2, 0.25) is 0 Å². The molecule has 30 heavy (non-hydrogen) atoms. The van der Waals surface area contributed by atoms with Gasteiger partial charge in [-0.05, 0) is 45.2 Å². The molecule has 160 valence electrons. The number of nitrogens with one attached hydrogen (secondary N) is 1. The number of likely N-dealkylation sites (tertiary alicyclic amines) is 1. The predicted octanol–water partition coefficient (Wildman–Crippen LogP) is 1.62. The van der Waals surface area contributed by atoms with Gasteiger partial charge in [0.05, 0.1) is 0 Å². The van der Waals surface area contributed by atoms with Crippen molar-refractivity contribution in [2.45, 2.75) is 61.9 Å². The highest BCUT2D eigenvalue weighted by molar-refractivity contribution is 8.01. The highest BCUT2D eigenvalue weighted by Crippen LogP contribution is 2.56. The molecular weight excluding hydrogens is 406 g/mol. The molecule has 2 saturated heterocycles. The summed E-state index contributed by atoms with van der Waals surface area (Å²) in [5.41, 5.74) is 1.51. The Morgan fingerprint density at radius 2 is 1.97 bits per heavy atom. The second kappa shape index (κ2) is 7.30. The Morgan fingerprint density at radius 1 is 1.27 bits per heavy atom. The van der Waals surface area contributed by atoms with Gasteiger partial charge in [0, 0.05) is 16.9 Å². The van der Waals surface area contributed by atoms with Crippen LogP contribution in [-0.2, 0) is 14.4 Å². The smallest absolute Gasteiger partial charge is 0.326 e. The van der Waals surface area contributed by atoms with Crippen LogP contribution in [0, 0.1) is 0 Å². The third kappa shape index (κ3) is 3.15. The van der Waals surface area contributed by atoms with Gasteiger partial charge >= 0.3 is 5.97 Å². The maximum Gasteiger partial charge on any atom is 0.326 e. The van der Waals surface area contributed by atoms with Crippen LogP contribution in [0.15, 0.2) is 24.3 Å². The quantitative estimate of drug-likeness (QED) is 0.750. The SMILES string of the molecule is C[C@H](NC(=O)[C@H]1N2C(=O)c3ccccc3[C@H]2SC1(C)C)C(=O)N1CCC[C@H]1C(=O)O. The normalized spacial score (nSPS) is 27.6. The first-order valence-electron chi connectivity index (χ1n) is 10.1. The number of rotatable bonds is 4. The molecule has 1 aromatic rings. The highest BCUT2D eigenvalue weighted by Gasteiger charge is 2.57. The van der Waals surface area contributed by atoms with E-state index in [1.54, 1.807) is 35.7 Å². The molecule has 9 heteroatoms. The van der Waals surface area contributed by atoms with E-state index in [1.807, 2.05) is 26.0 Å². The third-order valence-electron chi connectivity index (χ3n) is 6.09. The first kappa shape index (κ1) is 20.7. The fourth-order valence-electron chi connectivity index (χ4n) is 4.69. The molecule has 0 spiro atoms. The van der Waals surface area contributed by atoms with Crippen molar-refractivity contribution in [2.24, 2.45) is 0 Å². The van der Waals surface area contributed by atoms with Crippen molar-refractivity contribution in [3.63, 3.8) is 0 Å². The van der Waals surface area contributed by atoms with Gasteiger partial charge in [0.15, 0.2) is 0 Å². The fraction of sp³-hybridized carbons (Fsp3) is 0.524. The summed E-state index contributed by atoms with van der Waals surface area (Å²) in [4.78, 5) is 53.4. The zero-order valence-corrected chi connectivity index (χ0v) is 17.9. The van der Waals surface area contributed by atoms with Gasteiger partial charge in [-0.25, -0.2) is 4.79 Å². The van der Waals surface area contributed by atoms with E-state index < -0.39 is 40.7 Å². The maximum absolute atomic E-state index is 13.2. The van der Waals surface area contributed by atoms with E-state index in [1.165, 1.54) is 4.90 Å². The number of carboxylic acids is 1. The van der Waals surface area contributed by atoms with Crippen LogP contribution in [0.25, 0.3) is 0 Å². The van der Waals surface area contributed by atoms with E-state index in [9.17, 15) is 24.3 Å². The largest absolute Gasteiger partial charge is 0.480 e. The lowest BCUT2D eigenvalue weighted by Gasteiger charge is -2.31. The number of hydrogen-bond acceptors (Lipinski definition) is 5. The molecule has 0 bridgehead atoms. The van der Waals surface area contributed by atoms with Gasteiger partial charge in [-0.3, -0.25) is 14.4 Å². The monoisotopic (exact) mass is 431 g/mol. The van der Waals surface area contributed by atoms with Crippen molar-refractivity contribution in [3.8, 4) is 0 Å². The molecule has 0 saturated carbocycles. The molecule has 0 unspecified atom stereocenters. The number of nitrogens with zero attached hydrogens (tertiary/aromatic N) is 2. The second-order valence-corrected chi connectivity index (χ2v) is 10.3. The molecule has 3 amide bonds. The number of carboxylic acid groups (broad SMARTS) is 1. The molecule has 3 aliphatic rings. The number of fused-ring (bicyclic) bond motifs is 3. The molecule has 0 aliphatic carbocycles. The van der Waals surface area contributed by atoms with Crippen molar-refractivity contribution in [1.82, 2.24) is 15.1 Å². The number of carbonyl (C=O) groups is 4. The van der Waals surface area contributed by atoms with Crippen molar-refractivity contribution in [1.29, 1.82) is 0 Å². The van der Waals surface area contributed by atoms with E-state index >= 15 is 0 Å². The average Bonchev–Trinajstić information content (AvgIpc) is 3.34. The minimum atomic E-state index is -1.03. The molecule has 4 rings (SSSR count). The lowest BCUT2D eigenvalue weighted by Crippen LogP contribution is -2.57. The van der Waals surface area contributed by atoms with Gasteiger partial charge in [-0.1, -0.05) is 18.2 Å². The van der Waals surface area contributed by atoms with Crippen molar-refractivity contribution < 1.29 is 24.3 Å². The van der Waals surface area contributed by atoms with E-state index in [0.29, 0.717) is 24.9 Å². The summed E-state index contributed by atoms with van der Waals surface area (Å²) in [5.74, 6) is -2.03. The molecule has 3 heterocycles. The van der Waals surface area contributed by atoms with Crippen LogP contribution in [0.4, 0.5) is 0 Å². The van der Waals surface area contributed by atoms with Gasteiger partial charge in [-0.2, -0.15) is 0 Å².